The number of nitrogens with two attached hydrogens (primary N) is 1. The summed E-state index contributed by atoms with van der Waals surface area (Å²) in [7, 11) is 0. The molecule has 0 aliphatic rings. The van der Waals surface area contributed by atoms with Gasteiger partial charge in [0.1, 0.15) is 18.2 Å². The van der Waals surface area contributed by atoms with E-state index in [1.54, 1.807) is 0 Å². The Morgan fingerprint density at radius 1 is 1.29 bits per heavy atom. The number of ether oxygens (including phenoxy) is 2. The van der Waals surface area contributed by atoms with Crippen LogP contribution in [0.15, 0.2) is 18.2 Å². The van der Waals surface area contributed by atoms with Gasteiger partial charge in [0.05, 0.1) is 12.2 Å². The number of hydrogen-bond acceptors (Lipinski definition) is 3. The summed E-state index contributed by atoms with van der Waals surface area (Å²) in [6.07, 6.45) is -4.59. The molecule has 7 heteroatoms. The molecule has 0 unspecified atom stereocenters. The molecule has 118 valence electrons. The van der Waals surface area contributed by atoms with Gasteiger partial charge in [0.15, 0.2) is 0 Å². The lowest BCUT2D eigenvalue weighted by Crippen LogP contribution is -2.19. The Hall–Kier alpha value is -1.76. The molecule has 0 amide bonds. The van der Waals surface area contributed by atoms with E-state index >= 15 is 0 Å². The summed E-state index contributed by atoms with van der Waals surface area (Å²) in [6, 6.07) is 3.34. The molecule has 0 spiro atoms. The second kappa shape index (κ2) is 7.31. The average Bonchev–Trinajstić information content (AvgIpc) is 2.36. The quantitative estimate of drug-likeness (QED) is 0.462. The zero-order chi connectivity index (χ0) is 16.0. The van der Waals surface area contributed by atoms with E-state index in [1.165, 1.54) is 6.07 Å². The fourth-order valence-electron chi connectivity index (χ4n) is 1.62. The van der Waals surface area contributed by atoms with Crippen LogP contribution in [0.1, 0.15) is 25.0 Å². The van der Waals surface area contributed by atoms with Crippen molar-refractivity contribution < 1.29 is 22.6 Å². The highest BCUT2D eigenvalue weighted by Gasteiger charge is 2.34. The Morgan fingerprint density at radius 3 is 2.48 bits per heavy atom. The number of halogens is 3. The zero-order valence-corrected chi connectivity index (χ0v) is 12.0. The molecule has 1 aromatic carbocycles. The van der Waals surface area contributed by atoms with Crippen LogP contribution in [0.4, 0.5) is 13.2 Å². The standard InChI is InChI=1S/C14H19F3N2O2/c1-9(2)8-20-5-6-21-10-3-4-11(13(18)19)12(7-10)14(15,16)17/h3-4,7,9H,5-6,8H2,1-2H3,(H3,18,19). The van der Waals surface area contributed by atoms with Gasteiger partial charge in [0, 0.05) is 12.2 Å². The van der Waals surface area contributed by atoms with Crippen LogP contribution in [0.3, 0.4) is 0 Å². The van der Waals surface area contributed by atoms with Crippen LogP contribution in [0.5, 0.6) is 5.75 Å². The van der Waals surface area contributed by atoms with Crippen LogP contribution < -0.4 is 10.5 Å². The number of rotatable bonds is 7. The maximum absolute atomic E-state index is 12.9. The van der Waals surface area contributed by atoms with Crippen molar-refractivity contribution in [2.24, 2.45) is 11.7 Å². The summed E-state index contributed by atoms with van der Waals surface area (Å²) in [6.45, 7) is 5.02. The van der Waals surface area contributed by atoms with E-state index in [2.05, 4.69) is 0 Å². The summed E-state index contributed by atoms with van der Waals surface area (Å²) in [5.74, 6) is -0.175. The van der Waals surface area contributed by atoms with Crippen LogP contribution in [-0.2, 0) is 10.9 Å². The largest absolute Gasteiger partial charge is 0.491 e. The first-order valence-electron chi connectivity index (χ1n) is 6.48. The highest BCUT2D eigenvalue weighted by atomic mass is 19.4. The van der Waals surface area contributed by atoms with Crippen LogP contribution in [0.25, 0.3) is 0 Å². The summed E-state index contributed by atoms with van der Waals surface area (Å²) >= 11 is 0. The fourth-order valence-corrected chi connectivity index (χ4v) is 1.62. The Morgan fingerprint density at radius 2 is 1.95 bits per heavy atom. The second-order valence-electron chi connectivity index (χ2n) is 4.94. The van der Waals surface area contributed by atoms with E-state index in [9.17, 15) is 13.2 Å². The first-order valence-corrected chi connectivity index (χ1v) is 6.48. The van der Waals surface area contributed by atoms with Gasteiger partial charge in [-0.3, -0.25) is 5.41 Å². The minimum absolute atomic E-state index is 0.0699. The molecule has 0 saturated heterocycles. The molecule has 0 aliphatic carbocycles. The number of benzene rings is 1. The predicted octanol–water partition coefficient (Wildman–Crippen LogP) is 3.04. The third-order valence-electron chi connectivity index (χ3n) is 2.53. The lowest BCUT2D eigenvalue weighted by atomic mass is 10.1. The van der Waals surface area contributed by atoms with Crippen molar-refractivity contribution in [1.82, 2.24) is 0 Å². The van der Waals surface area contributed by atoms with Crippen molar-refractivity contribution in [3.05, 3.63) is 29.3 Å². The van der Waals surface area contributed by atoms with Crippen LogP contribution in [-0.4, -0.2) is 25.7 Å². The highest BCUT2D eigenvalue weighted by molar-refractivity contribution is 5.96. The molecule has 0 aromatic heterocycles. The first kappa shape index (κ1) is 17.3. The summed E-state index contributed by atoms with van der Waals surface area (Å²) in [5.41, 5.74) is 3.82. The lowest BCUT2D eigenvalue weighted by Gasteiger charge is -2.14. The zero-order valence-electron chi connectivity index (χ0n) is 12.0. The van der Waals surface area contributed by atoms with Gasteiger partial charge in [-0.15, -0.1) is 0 Å². The lowest BCUT2D eigenvalue weighted by molar-refractivity contribution is -0.137. The Kier molecular flexibility index (Phi) is 6.02. The monoisotopic (exact) mass is 304 g/mol. The second-order valence-corrected chi connectivity index (χ2v) is 4.94. The van der Waals surface area contributed by atoms with Gasteiger partial charge >= 0.3 is 6.18 Å². The maximum Gasteiger partial charge on any atom is 0.417 e. The number of nitrogens with one attached hydrogen (secondary N) is 1. The first-order chi connectivity index (χ1) is 9.71. The summed E-state index contributed by atoms with van der Waals surface area (Å²) < 4.78 is 49.2. The van der Waals surface area contributed by atoms with Crippen LogP contribution in [0.2, 0.25) is 0 Å². The molecular formula is C14H19F3N2O2. The molecule has 0 radical (unpaired) electrons. The van der Waals surface area contributed by atoms with Crippen molar-refractivity contribution in [1.29, 1.82) is 5.41 Å². The molecule has 0 atom stereocenters. The molecule has 1 rings (SSSR count). The Balaban J connectivity index is 2.71. The number of hydrogen-bond donors (Lipinski definition) is 2. The van der Waals surface area contributed by atoms with Gasteiger partial charge in [-0.05, 0) is 24.1 Å². The third-order valence-corrected chi connectivity index (χ3v) is 2.53. The molecule has 0 saturated carbocycles. The van der Waals surface area contributed by atoms with Crippen molar-refractivity contribution in [2.45, 2.75) is 20.0 Å². The fraction of sp³-hybridized carbons (Fsp3) is 0.500. The van der Waals surface area contributed by atoms with Gasteiger partial charge in [-0.1, -0.05) is 13.8 Å². The SMILES string of the molecule is CC(C)COCCOc1ccc(C(=N)N)c(C(F)(F)F)c1. The van der Waals surface area contributed by atoms with E-state index in [1.807, 2.05) is 13.8 Å². The van der Waals surface area contributed by atoms with Gasteiger partial charge < -0.3 is 15.2 Å². The van der Waals surface area contributed by atoms with Gasteiger partial charge in [0.25, 0.3) is 0 Å². The smallest absolute Gasteiger partial charge is 0.417 e. The Bertz CT molecular complexity index is 488. The molecule has 4 nitrogen and oxygen atoms in total. The summed E-state index contributed by atoms with van der Waals surface area (Å²) in [5, 5.41) is 7.18. The summed E-state index contributed by atoms with van der Waals surface area (Å²) in [4.78, 5) is 0. The number of amidine groups is 1. The predicted molar refractivity (Wildman–Crippen MR) is 73.6 cm³/mol. The highest BCUT2D eigenvalue weighted by Crippen LogP contribution is 2.34. The van der Waals surface area contributed by atoms with Crippen LogP contribution in [0, 0.1) is 11.3 Å². The van der Waals surface area contributed by atoms with Crippen molar-refractivity contribution in [3.8, 4) is 5.75 Å². The van der Waals surface area contributed by atoms with Crippen molar-refractivity contribution >= 4 is 5.84 Å². The molecule has 21 heavy (non-hydrogen) atoms. The van der Waals surface area contributed by atoms with Gasteiger partial charge in [-0.2, -0.15) is 13.2 Å². The number of alkyl halides is 3. The Labute approximate surface area is 121 Å². The van der Waals surface area contributed by atoms with E-state index in [-0.39, 0.29) is 17.9 Å². The normalized spacial score (nSPS) is 11.7. The molecule has 0 fully saturated rings. The van der Waals surface area contributed by atoms with Gasteiger partial charge in [0.2, 0.25) is 0 Å². The van der Waals surface area contributed by atoms with Crippen molar-refractivity contribution in [3.63, 3.8) is 0 Å². The van der Waals surface area contributed by atoms with Gasteiger partial charge in [-0.25, -0.2) is 0 Å². The topological polar surface area (TPSA) is 68.3 Å². The maximum atomic E-state index is 12.9. The third kappa shape index (κ3) is 5.63. The molecular weight excluding hydrogens is 285 g/mol. The minimum atomic E-state index is -4.59. The van der Waals surface area contributed by atoms with E-state index in [4.69, 9.17) is 20.6 Å². The van der Waals surface area contributed by atoms with E-state index < -0.39 is 17.6 Å². The molecule has 0 heterocycles. The number of nitrogen functional groups attached to an aromatic ring is 1. The average molecular weight is 304 g/mol. The molecule has 1 aromatic rings. The van der Waals surface area contributed by atoms with E-state index in [0.717, 1.165) is 12.1 Å². The van der Waals surface area contributed by atoms with Crippen molar-refractivity contribution in [2.75, 3.05) is 19.8 Å². The minimum Gasteiger partial charge on any atom is -0.491 e. The molecule has 0 aliphatic heterocycles. The molecule has 0 bridgehead atoms. The molecule has 3 N–H and O–H groups in total. The van der Waals surface area contributed by atoms with Crippen LogP contribution >= 0.6 is 0 Å². The van der Waals surface area contributed by atoms with E-state index in [0.29, 0.717) is 19.1 Å².